The molecule has 6 heteroatoms. The number of aryl methyl sites for hydroxylation is 1. The molecule has 4 heterocycles. The van der Waals surface area contributed by atoms with Crippen LogP contribution in [0.3, 0.4) is 0 Å². The summed E-state index contributed by atoms with van der Waals surface area (Å²) in [6.45, 7) is 3.86. The zero-order chi connectivity index (χ0) is 19.0. The lowest BCUT2D eigenvalue weighted by Crippen LogP contribution is -2.38. The lowest BCUT2D eigenvalue weighted by atomic mass is 9.90. The van der Waals surface area contributed by atoms with Gasteiger partial charge in [-0.3, -0.25) is 9.59 Å². The summed E-state index contributed by atoms with van der Waals surface area (Å²) in [5, 5.41) is 0. The Morgan fingerprint density at radius 2 is 2.07 bits per heavy atom. The van der Waals surface area contributed by atoms with Gasteiger partial charge in [-0.2, -0.15) is 0 Å². The molecule has 3 unspecified atom stereocenters. The molecule has 0 saturated carbocycles. The number of pyridine rings is 2. The van der Waals surface area contributed by atoms with Gasteiger partial charge in [0.15, 0.2) is 5.78 Å². The summed E-state index contributed by atoms with van der Waals surface area (Å²) in [5.41, 5.74) is 1.42. The Hall–Kier alpha value is -2.76. The number of hydrogen-bond acceptors (Lipinski definition) is 5. The highest BCUT2D eigenvalue weighted by molar-refractivity contribution is 6.06. The highest BCUT2D eigenvalue weighted by Crippen LogP contribution is 2.42. The number of carbonyl (C=O) groups is 2. The van der Waals surface area contributed by atoms with Gasteiger partial charge < -0.3 is 9.64 Å². The third kappa shape index (κ3) is 3.31. The highest BCUT2D eigenvalue weighted by Gasteiger charge is 2.49. The number of ether oxygens (including phenoxy) is 1. The van der Waals surface area contributed by atoms with Crippen molar-refractivity contribution in [3.63, 3.8) is 0 Å². The van der Waals surface area contributed by atoms with E-state index in [4.69, 9.17) is 4.74 Å². The van der Waals surface area contributed by atoms with E-state index in [-0.39, 0.29) is 35.4 Å². The number of rotatable bonds is 5. The molecule has 2 fully saturated rings. The second-order valence-corrected chi connectivity index (χ2v) is 7.39. The molecule has 2 aromatic rings. The van der Waals surface area contributed by atoms with Crippen molar-refractivity contribution in [1.29, 1.82) is 0 Å². The lowest BCUT2D eigenvalue weighted by molar-refractivity contribution is 0.0699. The molecule has 0 radical (unpaired) electrons. The average molecular weight is 365 g/mol. The first-order valence-corrected chi connectivity index (χ1v) is 9.39. The van der Waals surface area contributed by atoms with Crippen LogP contribution < -0.4 is 4.74 Å². The van der Waals surface area contributed by atoms with Crippen LogP contribution in [0.5, 0.6) is 5.88 Å². The molecule has 27 heavy (non-hydrogen) atoms. The van der Waals surface area contributed by atoms with Gasteiger partial charge in [-0.15, -0.1) is 0 Å². The van der Waals surface area contributed by atoms with Gasteiger partial charge in [0.2, 0.25) is 5.88 Å². The first kappa shape index (κ1) is 17.6. The molecular formula is C21H23N3O3. The van der Waals surface area contributed by atoms with Crippen molar-refractivity contribution in [2.24, 2.45) is 5.92 Å². The van der Waals surface area contributed by atoms with Crippen molar-refractivity contribution in [1.82, 2.24) is 14.9 Å². The van der Waals surface area contributed by atoms with E-state index in [0.717, 1.165) is 25.0 Å². The van der Waals surface area contributed by atoms with Crippen LogP contribution >= 0.6 is 0 Å². The van der Waals surface area contributed by atoms with Crippen LogP contribution in [0.15, 0.2) is 36.5 Å². The minimum Gasteiger partial charge on any atom is -0.477 e. The molecule has 2 aliphatic rings. The highest BCUT2D eigenvalue weighted by atomic mass is 16.5. The summed E-state index contributed by atoms with van der Waals surface area (Å²) in [7, 11) is 0. The molecule has 1 amide bonds. The van der Waals surface area contributed by atoms with E-state index in [9.17, 15) is 9.59 Å². The number of fused-ring (bicyclic) bond motifs is 2. The van der Waals surface area contributed by atoms with Crippen LogP contribution in [0.4, 0.5) is 0 Å². The topological polar surface area (TPSA) is 72.4 Å². The molecule has 2 aliphatic heterocycles. The molecule has 6 nitrogen and oxygen atoms in total. The Bertz CT molecular complexity index is 868. The zero-order valence-corrected chi connectivity index (χ0v) is 15.6. The maximum Gasteiger partial charge on any atom is 0.273 e. The summed E-state index contributed by atoms with van der Waals surface area (Å²) in [6, 6.07) is 9.40. The number of carbonyl (C=O) groups excluding carboxylic acids is 2. The minimum atomic E-state index is -0.132. The van der Waals surface area contributed by atoms with E-state index in [1.165, 1.54) is 6.92 Å². The van der Waals surface area contributed by atoms with Gasteiger partial charge in [0, 0.05) is 41.5 Å². The summed E-state index contributed by atoms with van der Waals surface area (Å²) >= 11 is 0. The fourth-order valence-corrected chi connectivity index (χ4v) is 4.36. The summed E-state index contributed by atoms with van der Waals surface area (Å²) < 4.78 is 5.84. The Balaban J connectivity index is 1.52. The van der Waals surface area contributed by atoms with Crippen molar-refractivity contribution < 1.29 is 14.3 Å². The molecular weight excluding hydrogens is 342 g/mol. The Morgan fingerprint density at radius 3 is 2.81 bits per heavy atom. The van der Waals surface area contributed by atoms with Gasteiger partial charge >= 0.3 is 0 Å². The second kappa shape index (κ2) is 7.10. The normalized spacial score (nSPS) is 23.5. The SMILES string of the molecule is CC(=O)c1ccc(C)nc1C(=O)N1C2CCC1C(COc1ccccn1)C2. The average Bonchev–Trinajstić information content (AvgIpc) is 3.24. The summed E-state index contributed by atoms with van der Waals surface area (Å²) in [4.78, 5) is 35.8. The van der Waals surface area contributed by atoms with Gasteiger partial charge in [-0.25, -0.2) is 9.97 Å². The van der Waals surface area contributed by atoms with Gasteiger partial charge in [0.25, 0.3) is 5.91 Å². The van der Waals surface area contributed by atoms with E-state index in [1.54, 1.807) is 18.3 Å². The molecule has 2 bridgehead atoms. The fraction of sp³-hybridized carbons (Fsp3) is 0.429. The predicted octanol–water partition coefficient (Wildman–Crippen LogP) is 3.06. The second-order valence-electron chi connectivity index (χ2n) is 7.39. The first-order chi connectivity index (χ1) is 13.0. The number of nitrogens with zero attached hydrogens (tertiary/aromatic N) is 3. The first-order valence-electron chi connectivity index (χ1n) is 9.39. The van der Waals surface area contributed by atoms with Gasteiger partial charge in [-0.1, -0.05) is 6.07 Å². The fourth-order valence-electron chi connectivity index (χ4n) is 4.36. The van der Waals surface area contributed by atoms with Crippen molar-refractivity contribution in [2.45, 2.75) is 45.2 Å². The smallest absolute Gasteiger partial charge is 0.273 e. The van der Waals surface area contributed by atoms with Crippen LogP contribution in [-0.2, 0) is 0 Å². The van der Waals surface area contributed by atoms with E-state index in [0.29, 0.717) is 18.1 Å². The van der Waals surface area contributed by atoms with E-state index >= 15 is 0 Å². The predicted molar refractivity (Wildman–Crippen MR) is 99.8 cm³/mol. The Kier molecular flexibility index (Phi) is 4.64. The zero-order valence-electron chi connectivity index (χ0n) is 15.6. The largest absolute Gasteiger partial charge is 0.477 e. The quantitative estimate of drug-likeness (QED) is 0.762. The maximum absolute atomic E-state index is 13.3. The molecule has 2 saturated heterocycles. The van der Waals surface area contributed by atoms with Crippen LogP contribution in [0.2, 0.25) is 0 Å². The molecule has 2 aromatic heterocycles. The number of aromatic nitrogens is 2. The number of Topliss-reactive ketones (excluding diaryl/α,β-unsaturated/α-hetero) is 1. The molecule has 4 rings (SSSR count). The molecule has 0 aromatic carbocycles. The minimum absolute atomic E-state index is 0.128. The van der Waals surface area contributed by atoms with Crippen molar-refractivity contribution in [3.05, 3.63) is 53.5 Å². The molecule has 3 atom stereocenters. The van der Waals surface area contributed by atoms with Gasteiger partial charge in [0.05, 0.1) is 6.61 Å². The summed E-state index contributed by atoms with van der Waals surface area (Å²) in [5.74, 6) is 0.627. The van der Waals surface area contributed by atoms with Crippen molar-refractivity contribution >= 4 is 11.7 Å². The monoisotopic (exact) mass is 365 g/mol. The van der Waals surface area contributed by atoms with Crippen molar-refractivity contribution in [3.8, 4) is 5.88 Å². The van der Waals surface area contributed by atoms with Crippen LogP contribution in [0.25, 0.3) is 0 Å². The maximum atomic E-state index is 13.3. The number of hydrogen-bond donors (Lipinski definition) is 0. The van der Waals surface area contributed by atoms with Crippen molar-refractivity contribution in [2.75, 3.05) is 6.61 Å². The molecule has 0 aliphatic carbocycles. The standard InChI is InChI=1S/C21H23N3O3/c1-13-6-8-17(14(2)25)20(23-13)21(26)24-16-7-9-18(24)15(11-16)12-27-19-5-3-4-10-22-19/h3-6,8,10,15-16,18H,7,9,11-12H2,1-2H3. The van der Waals surface area contributed by atoms with E-state index in [1.807, 2.05) is 30.0 Å². The number of amides is 1. The number of ketones is 1. The lowest BCUT2D eigenvalue weighted by Gasteiger charge is -2.25. The van der Waals surface area contributed by atoms with Crippen LogP contribution in [0, 0.1) is 12.8 Å². The Labute approximate surface area is 158 Å². The molecule has 140 valence electrons. The Morgan fingerprint density at radius 1 is 1.22 bits per heavy atom. The third-order valence-electron chi connectivity index (χ3n) is 5.60. The third-order valence-corrected chi connectivity index (χ3v) is 5.60. The van der Waals surface area contributed by atoms with E-state index in [2.05, 4.69) is 9.97 Å². The van der Waals surface area contributed by atoms with E-state index < -0.39 is 0 Å². The van der Waals surface area contributed by atoms with Gasteiger partial charge in [-0.05, 0) is 51.3 Å². The molecule has 0 N–H and O–H groups in total. The van der Waals surface area contributed by atoms with Crippen LogP contribution in [0.1, 0.15) is 52.7 Å². The molecule has 0 spiro atoms. The van der Waals surface area contributed by atoms with Crippen LogP contribution in [-0.4, -0.2) is 45.2 Å². The summed E-state index contributed by atoms with van der Waals surface area (Å²) in [6.07, 6.45) is 4.59. The van der Waals surface area contributed by atoms with Gasteiger partial charge in [0.1, 0.15) is 5.69 Å².